The van der Waals surface area contributed by atoms with Gasteiger partial charge in [0.15, 0.2) is 6.79 Å². The predicted octanol–water partition coefficient (Wildman–Crippen LogP) is 4.03. The van der Waals surface area contributed by atoms with Crippen LogP contribution in [0.1, 0.15) is 20.8 Å². The first-order valence-electron chi connectivity index (χ1n) is 7.78. The van der Waals surface area contributed by atoms with E-state index in [2.05, 4.69) is 0 Å². The summed E-state index contributed by atoms with van der Waals surface area (Å²) in [5.74, 6) is 0.00417. The minimum Gasteiger partial charge on any atom is -0.467 e. The molecule has 4 rings (SSSR count). The first kappa shape index (κ1) is 16.5. The maximum Gasteiger partial charge on any atom is 0.348 e. The third kappa shape index (κ3) is 3.12. The summed E-state index contributed by atoms with van der Waals surface area (Å²) in [4.78, 5) is 23.5. The van der Waals surface area contributed by atoms with Gasteiger partial charge in [-0.3, -0.25) is 10.1 Å². The molecule has 0 spiro atoms. The fraction of sp³-hybridized carbons (Fsp3) is 0.167. The van der Waals surface area contributed by atoms with E-state index in [4.69, 9.17) is 14.2 Å². The molecule has 0 aliphatic carbocycles. The van der Waals surface area contributed by atoms with E-state index in [9.17, 15) is 14.9 Å². The molecule has 3 aromatic rings. The molecule has 2 heterocycles. The third-order valence-electron chi connectivity index (χ3n) is 3.97. The van der Waals surface area contributed by atoms with Crippen LogP contribution < -0.4 is 4.74 Å². The molecule has 0 radical (unpaired) electrons. The molecule has 0 bridgehead atoms. The second-order valence-electron chi connectivity index (χ2n) is 5.69. The Morgan fingerprint density at radius 3 is 2.92 bits per heavy atom. The number of hydrogen-bond donors (Lipinski definition) is 0. The SMILES string of the molecule is O=C(OCc1cc([N+](=O)[O-])cc2c1OCOC2)c1cc2ccccc2s1. The largest absolute Gasteiger partial charge is 0.467 e. The van der Waals surface area contributed by atoms with E-state index in [0.29, 0.717) is 21.8 Å². The molecule has 0 atom stereocenters. The van der Waals surface area contributed by atoms with Gasteiger partial charge in [-0.25, -0.2) is 4.79 Å². The lowest BCUT2D eigenvalue weighted by atomic mass is 10.1. The quantitative estimate of drug-likeness (QED) is 0.391. The maximum absolute atomic E-state index is 12.4. The first-order valence-corrected chi connectivity index (χ1v) is 8.60. The highest BCUT2D eigenvalue weighted by Gasteiger charge is 2.22. The number of nitrogens with zero attached hydrogens (tertiary/aromatic N) is 1. The van der Waals surface area contributed by atoms with Crippen molar-refractivity contribution in [3.8, 4) is 5.75 Å². The van der Waals surface area contributed by atoms with Crippen LogP contribution >= 0.6 is 11.3 Å². The Hall–Kier alpha value is -2.97. The highest BCUT2D eigenvalue weighted by molar-refractivity contribution is 7.20. The number of rotatable bonds is 4. The van der Waals surface area contributed by atoms with Crippen LogP contribution in [0.4, 0.5) is 5.69 Å². The number of ether oxygens (including phenoxy) is 3. The molecule has 0 unspecified atom stereocenters. The van der Waals surface area contributed by atoms with Crippen molar-refractivity contribution in [2.45, 2.75) is 13.2 Å². The average molecular weight is 371 g/mol. The summed E-state index contributed by atoms with van der Waals surface area (Å²) in [5.41, 5.74) is 0.927. The van der Waals surface area contributed by atoms with Crippen molar-refractivity contribution in [3.63, 3.8) is 0 Å². The number of hydrogen-bond acceptors (Lipinski definition) is 7. The van der Waals surface area contributed by atoms with Crippen LogP contribution in [0.2, 0.25) is 0 Å². The van der Waals surface area contributed by atoms with Gasteiger partial charge >= 0.3 is 5.97 Å². The van der Waals surface area contributed by atoms with Crippen LogP contribution in [0.5, 0.6) is 5.75 Å². The molecule has 1 aliphatic heterocycles. The van der Waals surface area contributed by atoms with E-state index >= 15 is 0 Å². The van der Waals surface area contributed by atoms with Crippen molar-refractivity contribution in [2.24, 2.45) is 0 Å². The summed E-state index contributed by atoms with van der Waals surface area (Å²) < 4.78 is 17.0. The highest BCUT2D eigenvalue weighted by Crippen LogP contribution is 2.33. The Morgan fingerprint density at radius 2 is 2.12 bits per heavy atom. The first-order chi connectivity index (χ1) is 12.6. The molecule has 7 nitrogen and oxygen atoms in total. The summed E-state index contributed by atoms with van der Waals surface area (Å²) in [6, 6.07) is 12.2. The summed E-state index contributed by atoms with van der Waals surface area (Å²) in [6.45, 7) is 0.160. The number of nitro groups is 1. The normalized spacial score (nSPS) is 13.1. The van der Waals surface area contributed by atoms with Crippen LogP contribution in [0.3, 0.4) is 0 Å². The van der Waals surface area contributed by atoms with Gasteiger partial charge in [-0.15, -0.1) is 11.3 Å². The number of nitro benzene ring substituents is 1. The lowest BCUT2D eigenvalue weighted by Crippen LogP contribution is -2.14. The molecule has 8 heteroatoms. The summed E-state index contributed by atoms with van der Waals surface area (Å²) in [5, 5.41) is 12.1. The number of esters is 1. The number of non-ortho nitro benzene ring substituents is 1. The van der Waals surface area contributed by atoms with Gasteiger partial charge in [0.2, 0.25) is 0 Å². The van der Waals surface area contributed by atoms with E-state index in [1.165, 1.54) is 23.5 Å². The summed E-state index contributed by atoms with van der Waals surface area (Å²) >= 11 is 1.34. The smallest absolute Gasteiger partial charge is 0.348 e. The Balaban J connectivity index is 1.57. The topological polar surface area (TPSA) is 87.9 Å². The number of benzene rings is 2. The van der Waals surface area contributed by atoms with Gasteiger partial charge in [-0.05, 0) is 17.5 Å². The van der Waals surface area contributed by atoms with Gasteiger partial charge in [0.05, 0.1) is 11.5 Å². The second-order valence-corrected chi connectivity index (χ2v) is 6.77. The fourth-order valence-corrected chi connectivity index (χ4v) is 3.75. The molecule has 1 aliphatic rings. The molecular weight excluding hydrogens is 358 g/mol. The molecule has 1 aromatic heterocycles. The summed E-state index contributed by atoms with van der Waals surface area (Å²) in [6.07, 6.45) is 0. The molecule has 132 valence electrons. The van der Waals surface area contributed by atoms with Crippen LogP contribution in [0.25, 0.3) is 10.1 Å². The lowest BCUT2D eigenvalue weighted by Gasteiger charge is -2.20. The van der Waals surface area contributed by atoms with Gasteiger partial charge in [0.1, 0.15) is 17.2 Å². The second kappa shape index (κ2) is 6.74. The van der Waals surface area contributed by atoms with E-state index in [0.717, 1.165) is 10.1 Å². The molecule has 0 saturated carbocycles. The average Bonchev–Trinajstić information content (AvgIpc) is 3.10. The van der Waals surface area contributed by atoms with Gasteiger partial charge in [0.25, 0.3) is 5.69 Å². The molecule has 2 aromatic carbocycles. The Morgan fingerprint density at radius 1 is 1.27 bits per heavy atom. The van der Waals surface area contributed by atoms with Gasteiger partial charge in [-0.2, -0.15) is 0 Å². The number of fused-ring (bicyclic) bond motifs is 2. The van der Waals surface area contributed by atoms with Crippen molar-refractivity contribution in [1.82, 2.24) is 0 Å². The van der Waals surface area contributed by atoms with Gasteiger partial charge in [0, 0.05) is 28.0 Å². The highest BCUT2D eigenvalue weighted by atomic mass is 32.1. The lowest BCUT2D eigenvalue weighted by molar-refractivity contribution is -0.385. The molecule has 0 fully saturated rings. The van der Waals surface area contributed by atoms with Crippen LogP contribution in [-0.4, -0.2) is 17.7 Å². The monoisotopic (exact) mass is 371 g/mol. The van der Waals surface area contributed by atoms with Gasteiger partial charge in [-0.1, -0.05) is 18.2 Å². The fourth-order valence-electron chi connectivity index (χ4n) is 2.79. The van der Waals surface area contributed by atoms with E-state index < -0.39 is 10.9 Å². The van der Waals surface area contributed by atoms with Crippen molar-refractivity contribution in [2.75, 3.05) is 6.79 Å². The third-order valence-corrected chi connectivity index (χ3v) is 5.06. The minimum absolute atomic E-state index is 0.0576. The van der Waals surface area contributed by atoms with Crippen LogP contribution in [-0.2, 0) is 22.7 Å². The molecule has 0 N–H and O–H groups in total. The van der Waals surface area contributed by atoms with E-state index in [-0.39, 0.29) is 25.7 Å². The Kier molecular flexibility index (Phi) is 4.27. The van der Waals surface area contributed by atoms with E-state index in [1.807, 2.05) is 24.3 Å². The zero-order valence-corrected chi connectivity index (χ0v) is 14.3. The standard InChI is InChI=1S/C18H13NO6S/c20-18(16-7-11-3-1-2-4-15(11)26-16)24-9-13-6-14(19(21)22)5-12-8-23-10-25-17(12)13/h1-7H,8-10H2. The minimum atomic E-state index is -0.494. The Bertz CT molecular complexity index is 979. The molecule has 26 heavy (non-hydrogen) atoms. The molecule has 0 amide bonds. The molecule has 0 saturated heterocycles. The Labute approximate surface area is 151 Å². The predicted molar refractivity (Wildman–Crippen MR) is 94.3 cm³/mol. The van der Waals surface area contributed by atoms with Crippen LogP contribution in [0.15, 0.2) is 42.5 Å². The maximum atomic E-state index is 12.4. The van der Waals surface area contributed by atoms with Gasteiger partial charge < -0.3 is 14.2 Å². The number of carbonyl (C=O) groups is 1. The molecular formula is C18H13NO6S. The van der Waals surface area contributed by atoms with E-state index in [1.54, 1.807) is 6.07 Å². The van der Waals surface area contributed by atoms with Crippen molar-refractivity contribution in [3.05, 3.63) is 68.6 Å². The zero-order valence-electron chi connectivity index (χ0n) is 13.5. The number of thiophene rings is 1. The number of carbonyl (C=O) groups excluding carboxylic acids is 1. The summed E-state index contributed by atoms with van der Waals surface area (Å²) in [7, 11) is 0. The van der Waals surface area contributed by atoms with Crippen molar-refractivity contribution in [1.29, 1.82) is 0 Å². The van der Waals surface area contributed by atoms with Crippen LogP contribution in [0, 0.1) is 10.1 Å². The van der Waals surface area contributed by atoms with Crippen molar-refractivity contribution >= 4 is 33.1 Å². The zero-order chi connectivity index (χ0) is 18.1. The van der Waals surface area contributed by atoms with Crippen molar-refractivity contribution < 1.29 is 23.9 Å².